The van der Waals surface area contributed by atoms with Crippen LogP contribution in [0.5, 0.6) is 5.75 Å². The van der Waals surface area contributed by atoms with Crippen molar-refractivity contribution in [2.45, 2.75) is 52.2 Å². The van der Waals surface area contributed by atoms with Crippen molar-refractivity contribution in [3.63, 3.8) is 0 Å². The highest BCUT2D eigenvalue weighted by Gasteiger charge is 2.24. The molecule has 3 N–H and O–H groups in total. The molecule has 1 fully saturated rings. The Morgan fingerprint density at radius 1 is 1.19 bits per heavy atom. The van der Waals surface area contributed by atoms with Gasteiger partial charge in [-0.3, -0.25) is 13.8 Å². The van der Waals surface area contributed by atoms with Gasteiger partial charge < -0.3 is 20.1 Å². The molecule has 0 spiro atoms. The number of halogens is 1. The summed E-state index contributed by atoms with van der Waals surface area (Å²) in [7, 11) is 1.53. The van der Waals surface area contributed by atoms with E-state index in [1.165, 1.54) is 28.7 Å². The Morgan fingerprint density at radius 3 is 2.65 bits per heavy atom. The molecule has 43 heavy (non-hydrogen) atoms. The number of anilines is 5. The highest BCUT2D eigenvalue weighted by Crippen LogP contribution is 2.37. The fraction of sp³-hybridized carbons (Fsp3) is 0.419. The van der Waals surface area contributed by atoms with Gasteiger partial charge in [-0.25, -0.2) is 9.19 Å². The molecule has 3 heterocycles. The number of nitrogens with one attached hydrogen (secondary N) is 2. The fourth-order valence-corrected chi connectivity index (χ4v) is 5.96. The van der Waals surface area contributed by atoms with Crippen molar-refractivity contribution in [3.8, 4) is 5.75 Å². The molecule has 3 aromatic rings. The zero-order valence-electron chi connectivity index (χ0n) is 25.0. The van der Waals surface area contributed by atoms with E-state index >= 15 is 0 Å². The predicted molar refractivity (Wildman–Crippen MR) is 174 cm³/mol. The number of aromatic nitrogens is 2. The maximum atomic E-state index is 11.7. The third kappa shape index (κ3) is 7.66. The van der Waals surface area contributed by atoms with Crippen molar-refractivity contribution in [2.24, 2.45) is 0 Å². The van der Waals surface area contributed by atoms with Crippen molar-refractivity contribution in [2.75, 3.05) is 48.3 Å². The van der Waals surface area contributed by atoms with Crippen LogP contribution < -0.4 is 19.7 Å². The van der Waals surface area contributed by atoms with E-state index in [4.69, 9.17) is 21.1 Å². The molecule has 2 aliphatic heterocycles. The summed E-state index contributed by atoms with van der Waals surface area (Å²) in [6.07, 6.45) is 7.03. The number of hydrogen-bond acceptors (Lipinski definition) is 8. The summed E-state index contributed by atoms with van der Waals surface area (Å²) in [5, 5.41) is 6.81. The second kappa shape index (κ2) is 14.0. The summed E-state index contributed by atoms with van der Waals surface area (Å²) in [5.74, 6) is 1.40. The molecule has 12 heteroatoms. The van der Waals surface area contributed by atoms with E-state index in [1.807, 2.05) is 19.9 Å². The Bertz CT molecular complexity index is 1500. The Labute approximate surface area is 260 Å². The van der Waals surface area contributed by atoms with Gasteiger partial charge in [-0.15, -0.1) is 0 Å². The van der Waals surface area contributed by atoms with Gasteiger partial charge in [-0.1, -0.05) is 29.8 Å². The van der Waals surface area contributed by atoms with Gasteiger partial charge >= 0.3 is 0 Å². The zero-order chi connectivity index (χ0) is 30.5. The van der Waals surface area contributed by atoms with Crippen LogP contribution in [0.15, 0.2) is 48.7 Å². The Morgan fingerprint density at radius 2 is 1.95 bits per heavy atom. The molecule has 10 nitrogen and oxygen atoms in total. The quantitative estimate of drug-likeness (QED) is 0.216. The summed E-state index contributed by atoms with van der Waals surface area (Å²) < 4.78 is 34.3. The summed E-state index contributed by atoms with van der Waals surface area (Å²) in [6.45, 7) is 9.81. The summed E-state index contributed by atoms with van der Waals surface area (Å²) in [4.78, 5) is 11.6. The highest BCUT2D eigenvalue weighted by atomic mass is 35.5. The van der Waals surface area contributed by atoms with E-state index < -0.39 is 11.3 Å². The standard InChI is InChI=1S/C31H39ClN6O4S/c1-20(2)42-29-18-24(22-9-13-38(14-10-22)23-11-15-41-16-12-23)21(3)17-27(29)35-31-33-19-25(32)30(36-31)34-26-7-5-6-8-28(26)37(4)43(39)40/h5-9,17-20,23H,10-16H2,1-4H3,(H,39,40)(H2,33,34,35,36). The van der Waals surface area contributed by atoms with Gasteiger partial charge in [0.25, 0.3) is 11.3 Å². The first-order valence-electron chi connectivity index (χ1n) is 14.5. The predicted octanol–water partition coefficient (Wildman–Crippen LogP) is 6.55. The van der Waals surface area contributed by atoms with Crippen molar-refractivity contribution >= 4 is 57.3 Å². The molecule has 0 aliphatic carbocycles. The van der Waals surface area contributed by atoms with Crippen LogP contribution in [0.4, 0.5) is 28.8 Å². The monoisotopic (exact) mass is 626 g/mol. The largest absolute Gasteiger partial charge is 0.489 e. The lowest BCUT2D eigenvalue weighted by Gasteiger charge is -2.36. The van der Waals surface area contributed by atoms with E-state index in [0.717, 1.165) is 56.8 Å². The minimum absolute atomic E-state index is 0.0330. The van der Waals surface area contributed by atoms with Gasteiger partial charge in [-0.2, -0.15) is 4.98 Å². The Hall–Kier alpha value is -3.22. The molecule has 1 atom stereocenters. The van der Waals surface area contributed by atoms with Crippen molar-refractivity contribution in [1.82, 2.24) is 14.9 Å². The summed E-state index contributed by atoms with van der Waals surface area (Å²) >= 11 is 4.26. The number of benzene rings is 2. The van der Waals surface area contributed by atoms with Gasteiger partial charge in [0.05, 0.1) is 29.4 Å². The summed E-state index contributed by atoms with van der Waals surface area (Å²) in [5.41, 5.74) is 5.49. The number of aryl methyl sites for hydroxylation is 1. The molecule has 2 aromatic carbocycles. The molecule has 230 valence electrons. The fourth-order valence-electron chi connectivity index (χ4n) is 5.50. The average molecular weight is 627 g/mol. The minimum atomic E-state index is -2.19. The van der Waals surface area contributed by atoms with Gasteiger partial charge in [0.2, 0.25) is 5.95 Å². The van der Waals surface area contributed by atoms with Gasteiger partial charge in [-0.05, 0) is 81.0 Å². The second-order valence-electron chi connectivity index (χ2n) is 11.0. The Balaban J connectivity index is 1.39. The summed E-state index contributed by atoms with van der Waals surface area (Å²) in [6, 6.07) is 11.9. The first-order valence-corrected chi connectivity index (χ1v) is 16.0. The molecule has 0 saturated carbocycles. The van der Waals surface area contributed by atoms with E-state index in [2.05, 4.69) is 50.6 Å². The molecule has 5 rings (SSSR count). The smallest absolute Gasteiger partial charge is 0.261 e. The topological polar surface area (TPSA) is 112 Å². The van der Waals surface area contributed by atoms with Gasteiger partial charge in [0.15, 0.2) is 5.82 Å². The lowest BCUT2D eigenvalue weighted by Crippen LogP contribution is -2.41. The van der Waals surface area contributed by atoms with Crippen LogP contribution in [0.25, 0.3) is 5.57 Å². The Kier molecular flexibility index (Phi) is 10.2. The highest BCUT2D eigenvalue weighted by molar-refractivity contribution is 7.80. The van der Waals surface area contributed by atoms with Gasteiger partial charge in [0, 0.05) is 39.4 Å². The SMILES string of the molecule is Cc1cc(Nc2ncc(Cl)c(Nc3ccccc3N(C)S(=O)O)n2)c(OC(C)C)cc1C1=CCN(C2CCOCC2)CC1. The molecular formula is C31H39ClN6O4S. The van der Waals surface area contributed by atoms with Crippen molar-refractivity contribution in [3.05, 3.63) is 64.8 Å². The third-order valence-corrected chi connectivity index (χ3v) is 8.65. The first kappa shape index (κ1) is 31.2. The van der Waals surface area contributed by atoms with Crippen LogP contribution in [0.3, 0.4) is 0 Å². The lowest BCUT2D eigenvalue weighted by atomic mass is 9.93. The molecular weight excluding hydrogens is 588 g/mol. The number of hydrogen-bond donors (Lipinski definition) is 3. The zero-order valence-corrected chi connectivity index (χ0v) is 26.5. The van der Waals surface area contributed by atoms with E-state index in [1.54, 1.807) is 18.2 Å². The van der Waals surface area contributed by atoms with E-state index in [-0.39, 0.29) is 6.10 Å². The molecule has 0 amide bonds. The third-order valence-electron chi connectivity index (χ3n) is 7.70. The lowest BCUT2D eigenvalue weighted by molar-refractivity contribution is 0.0378. The minimum Gasteiger partial charge on any atom is -0.489 e. The number of nitrogens with zero attached hydrogens (tertiary/aromatic N) is 4. The second-order valence-corrected chi connectivity index (χ2v) is 12.4. The average Bonchev–Trinajstić information content (AvgIpc) is 3.00. The number of rotatable bonds is 10. The van der Waals surface area contributed by atoms with E-state index in [9.17, 15) is 8.76 Å². The van der Waals surface area contributed by atoms with Crippen LogP contribution in [0, 0.1) is 6.92 Å². The van der Waals surface area contributed by atoms with Crippen LogP contribution in [0.1, 0.15) is 44.2 Å². The number of para-hydroxylation sites is 2. The van der Waals surface area contributed by atoms with Crippen molar-refractivity contribution in [1.29, 1.82) is 0 Å². The van der Waals surface area contributed by atoms with E-state index in [0.29, 0.717) is 40.0 Å². The molecule has 2 aliphatic rings. The maximum absolute atomic E-state index is 11.7. The molecule has 1 saturated heterocycles. The van der Waals surface area contributed by atoms with Crippen LogP contribution in [0.2, 0.25) is 5.02 Å². The van der Waals surface area contributed by atoms with Crippen LogP contribution in [-0.2, 0) is 16.0 Å². The van der Waals surface area contributed by atoms with Crippen LogP contribution >= 0.6 is 11.6 Å². The molecule has 1 aromatic heterocycles. The molecule has 0 bridgehead atoms. The van der Waals surface area contributed by atoms with Crippen LogP contribution in [-0.4, -0.2) is 69.1 Å². The molecule has 0 radical (unpaired) electrons. The first-order chi connectivity index (χ1) is 20.7. The normalized spacial score (nSPS) is 17.0. The molecule has 1 unspecified atom stereocenters. The van der Waals surface area contributed by atoms with Gasteiger partial charge in [0.1, 0.15) is 10.8 Å². The maximum Gasteiger partial charge on any atom is 0.261 e. The van der Waals surface area contributed by atoms with Crippen molar-refractivity contribution < 1.29 is 18.2 Å². The number of ether oxygens (including phenoxy) is 2.